The van der Waals surface area contributed by atoms with Crippen molar-refractivity contribution in [3.63, 3.8) is 0 Å². The van der Waals surface area contributed by atoms with E-state index in [1.54, 1.807) is 5.56 Å². The fourth-order valence-electron chi connectivity index (χ4n) is 2.00. The van der Waals surface area contributed by atoms with Crippen LogP contribution in [0.5, 0.6) is 0 Å². The van der Waals surface area contributed by atoms with Crippen LogP contribution in [-0.4, -0.2) is 20.4 Å². The van der Waals surface area contributed by atoms with Gasteiger partial charge in [-0.1, -0.05) is 40.0 Å². The molecule has 0 saturated carbocycles. The van der Waals surface area contributed by atoms with Crippen molar-refractivity contribution in [2.24, 2.45) is 0 Å². The number of fused-ring (bicyclic) bond motifs is 1. The van der Waals surface area contributed by atoms with E-state index in [9.17, 15) is 0 Å². The van der Waals surface area contributed by atoms with Crippen LogP contribution in [0.25, 0.3) is 5.57 Å². The smallest absolute Gasteiger partial charge is 0.155 e. The molecule has 0 fully saturated rings. The number of hydrogen-bond acceptors (Lipinski definition) is 0. The first kappa shape index (κ1) is 8.33. The molecule has 2 rings (SSSR count). The van der Waals surface area contributed by atoms with Gasteiger partial charge in [0.1, 0.15) is 0 Å². The van der Waals surface area contributed by atoms with E-state index in [0.29, 0.717) is 0 Å². The van der Waals surface area contributed by atoms with Crippen LogP contribution in [0, 0.1) is 0 Å². The van der Waals surface area contributed by atoms with Gasteiger partial charge in [-0.25, -0.2) is 0 Å². The van der Waals surface area contributed by atoms with E-state index < -0.39 is 0 Å². The van der Waals surface area contributed by atoms with Gasteiger partial charge in [0.05, 0.1) is 0 Å². The Balaban J connectivity index is 2.52. The van der Waals surface area contributed by atoms with Crippen LogP contribution in [0.1, 0.15) is 22.1 Å². The molecule has 0 amide bonds. The van der Waals surface area contributed by atoms with Crippen molar-refractivity contribution in [3.05, 3.63) is 41.5 Å². The van der Waals surface area contributed by atoms with E-state index in [-0.39, 0.29) is 20.4 Å². The highest BCUT2D eigenvalue weighted by molar-refractivity contribution is 6.37. The Morgan fingerprint density at radius 1 is 1.25 bits per heavy atom. The SMILES string of the molecule is [CH3][Mg][CH]1C=C(C)c2ccccc21. The van der Waals surface area contributed by atoms with Crippen LogP contribution < -0.4 is 0 Å². The predicted molar refractivity (Wildman–Crippen MR) is 54.5 cm³/mol. The zero-order valence-corrected chi connectivity index (χ0v) is 9.09. The normalized spacial score (nSPS) is 19.8. The topological polar surface area (TPSA) is 0 Å². The first-order valence-corrected chi connectivity index (χ1v) is 6.83. The molecule has 1 aliphatic rings. The van der Waals surface area contributed by atoms with Crippen molar-refractivity contribution in [1.29, 1.82) is 0 Å². The fourth-order valence-corrected chi connectivity index (χ4v) is 3.38. The molecule has 0 spiro atoms. The Bertz CT molecular complexity index is 326. The molecule has 0 aromatic heterocycles. The van der Waals surface area contributed by atoms with Gasteiger partial charge in [0.2, 0.25) is 0 Å². The predicted octanol–water partition coefficient (Wildman–Crippen LogP) is 2.90. The van der Waals surface area contributed by atoms with Crippen molar-refractivity contribution in [3.8, 4) is 0 Å². The first-order chi connectivity index (χ1) is 5.83. The Kier molecular flexibility index (Phi) is 2.24. The molecule has 58 valence electrons. The summed E-state index contributed by atoms with van der Waals surface area (Å²) >= 11 is 0.0736. The number of allylic oxidation sites excluding steroid dienone is 2. The highest BCUT2D eigenvalue weighted by atomic mass is 24.5. The van der Waals surface area contributed by atoms with Gasteiger partial charge in [-0.3, -0.25) is 0 Å². The average molecular weight is 169 g/mol. The van der Waals surface area contributed by atoms with Gasteiger partial charge in [0.25, 0.3) is 0 Å². The van der Waals surface area contributed by atoms with E-state index in [1.165, 1.54) is 11.1 Å². The summed E-state index contributed by atoms with van der Waals surface area (Å²) in [4.78, 5) is 0. The Morgan fingerprint density at radius 3 is 2.75 bits per heavy atom. The average Bonchev–Trinajstić information content (AvgIpc) is 2.44. The van der Waals surface area contributed by atoms with Crippen LogP contribution in [0.15, 0.2) is 30.3 Å². The van der Waals surface area contributed by atoms with Crippen LogP contribution in [0.4, 0.5) is 0 Å². The van der Waals surface area contributed by atoms with Gasteiger partial charge in [-0.05, 0) is 18.1 Å². The molecular formula is C11H12Mg. The molecule has 0 heterocycles. The molecule has 0 N–H and O–H groups in total. The second-order valence-electron chi connectivity index (χ2n) is 3.45. The molecule has 0 bridgehead atoms. The summed E-state index contributed by atoms with van der Waals surface area (Å²) in [5, 5.41) is 2.39. The summed E-state index contributed by atoms with van der Waals surface area (Å²) in [5.74, 6) is 0. The molecular weight excluding hydrogens is 156 g/mol. The standard InChI is InChI=1S/C10H9.CH3.Mg/c1-8-6-7-9-4-2-3-5-10(8)9;;/h2-7H,1H3;1H3;. The summed E-state index contributed by atoms with van der Waals surface area (Å²) in [7, 11) is 0. The van der Waals surface area contributed by atoms with Gasteiger partial charge in [-0.2, -0.15) is 5.05 Å². The molecule has 1 aromatic rings. The fraction of sp³-hybridized carbons (Fsp3) is 0.273. The van der Waals surface area contributed by atoms with Crippen LogP contribution >= 0.6 is 0 Å². The molecule has 1 heteroatoms. The van der Waals surface area contributed by atoms with Crippen molar-refractivity contribution in [2.45, 2.75) is 16.0 Å². The molecule has 12 heavy (non-hydrogen) atoms. The molecule has 1 aliphatic carbocycles. The quantitative estimate of drug-likeness (QED) is 0.566. The molecule has 0 radical (unpaired) electrons. The third kappa shape index (κ3) is 1.21. The Labute approximate surface area is 83.4 Å². The Morgan fingerprint density at radius 2 is 2.00 bits per heavy atom. The largest absolute Gasteiger partial charge is 0.377 e. The maximum atomic E-state index is 2.44. The lowest BCUT2D eigenvalue weighted by Gasteiger charge is -2.06. The number of hydrogen-bond donors (Lipinski definition) is 0. The third-order valence-electron chi connectivity index (χ3n) is 2.68. The molecule has 0 aliphatic heterocycles. The zero-order chi connectivity index (χ0) is 8.55. The van der Waals surface area contributed by atoms with Gasteiger partial charge in [0.15, 0.2) is 0 Å². The minimum absolute atomic E-state index is 0.0736. The lowest BCUT2D eigenvalue weighted by atomic mass is 10.1. The Hall–Kier alpha value is -0.274. The van der Waals surface area contributed by atoms with Crippen molar-refractivity contribution in [2.75, 3.05) is 0 Å². The molecule has 1 aromatic carbocycles. The van der Waals surface area contributed by atoms with E-state index in [2.05, 4.69) is 42.3 Å². The molecule has 1 atom stereocenters. The maximum absolute atomic E-state index is 2.44. The highest BCUT2D eigenvalue weighted by Gasteiger charge is 2.18. The van der Waals surface area contributed by atoms with Crippen LogP contribution in [0.3, 0.4) is 0 Å². The van der Waals surface area contributed by atoms with Crippen molar-refractivity contribution in [1.82, 2.24) is 0 Å². The molecule has 0 nitrogen and oxygen atoms in total. The van der Waals surface area contributed by atoms with Crippen LogP contribution in [-0.2, 0) is 0 Å². The summed E-state index contributed by atoms with van der Waals surface area (Å²) in [6.07, 6.45) is 2.44. The van der Waals surface area contributed by atoms with Crippen molar-refractivity contribution < 1.29 is 0 Å². The lowest BCUT2D eigenvalue weighted by Crippen LogP contribution is -1.98. The highest BCUT2D eigenvalue weighted by Crippen LogP contribution is 2.34. The van der Waals surface area contributed by atoms with Gasteiger partial charge < -0.3 is 0 Å². The first-order valence-electron chi connectivity index (χ1n) is 4.60. The monoisotopic (exact) mass is 168 g/mol. The van der Waals surface area contributed by atoms with E-state index in [0.717, 1.165) is 4.05 Å². The zero-order valence-electron chi connectivity index (χ0n) is 7.67. The second-order valence-corrected chi connectivity index (χ2v) is 5.15. The maximum Gasteiger partial charge on any atom is 0.377 e. The van der Waals surface area contributed by atoms with E-state index >= 15 is 0 Å². The minimum Gasteiger partial charge on any atom is -0.155 e. The van der Waals surface area contributed by atoms with Gasteiger partial charge in [0, 0.05) is 0 Å². The van der Waals surface area contributed by atoms with Crippen LogP contribution in [0.2, 0.25) is 5.05 Å². The summed E-state index contributed by atoms with van der Waals surface area (Å²) in [6.45, 7) is 2.23. The van der Waals surface area contributed by atoms with Gasteiger partial charge >= 0.3 is 20.4 Å². The summed E-state index contributed by atoms with van der Waals surface area (Å²) in [5.41, 5.74) is 4.53. The number of benzene rings is 1. The third-order valence-corrected chi connectivity index (χ3v) is 4.23. The second kappa shape index (κ2) is 3.23. The van der Waals surface area contributed by atoms with Crippen molar-refractivity contribution >= 4 is 25.9 Å². The van der Waals surface area contributed by atoms with E-state index in [1.807, 2.05) is 0 Å². The molecule has 0 saturated heterocycles. The lowest BCUT2D eigenvalue weighted by molar-refractivity contribution is 1.23. The summed E-state index contributed by atoms with van der Waals surface area (Å²) in [6, 6.07) is 8.81. The summed E-state index contributed by atoms with van der Waals surface area (Å²) < 4.78 is 0.807. The van der Waals surface area contributed by atoms with E-state index in [4.69, 9.17) is 0 Å². The van der Waals surface area contributed by atoms with Gasteiger partial charge in [-0.15, -0.1) is 0 Å². The number of rotatable bonds is 1. The minimum atomic E-state index is 0.0736. The molecule has 1 unspecified atom stereocenters.